The lowest BCUT2D eigenvalue weighted by Crippen LogP contribution is -2.13. The quantitative estimate of drug-likeness (QED) is 0.721. The molecule has 60 valence electrons. The van der Waals surface area contributed by atoms with Crippen LogP contribution in [0.4, 0.5) is 0 Å². The monoisotopic (exact) mass is 208 g/mol. The van der Waals surface area contributed by atoms with Crippen molar-refractivity contribution in [1.82, 2.24) is 0 Å². The SMILES string of the molecule is CCC(Br)CC(C)C(=O)O. The smallest absolute Gasteiger partial charge is 0.306 e. The highest BCUT2D eigenvalue weighted by Gasteiger charge is 2.14. The minimum absolute atomic E-state index is 0.232. The van der Waals surface area contributed by atoms with E-state index in [1.54, 1.807) is 6.92 Å². The Kier molecular flexibility index (Phi) is 4.69. The lowest BCUT2D eigenvalue weighted by Gasteiger charge is -2.09. The summed E-state index contributed by atoms with van der Waals surface area (Å²) in [6.07, 6.45) is 1.70. The van der Waals surface area contributed by atoms with Crippen molar-refractivity contribution >= 4 is 21.9 Å². The second-order valence-corrected chi connectivity index (χ2v) is 3.78. The molecule has 1 N–H and O–H groups in total. The zero-order chi connectivity index (χ0) is 8.15. The molecule has 0 aromatic carbocycles. The van der Waals surface area contributed by atoms with Gasteiger partial charge in [0.15, 0.2) is 0 Å². The summed E-state index contributed by atoms with van der Waals surface area (Å²) < 4.78 is 0. The minimum atomic E-state index is -0.710. The first kappa shape index (κ1) is 9.95. The Labute approximate surface area is 69.8 Å². The molecule has 0 aliphatic carbocycles. The van der Waals surface area contributed by atoms with E-state index < -0.39 is 5.97 Å². The van der Waals surface area contributed by atoms with Crippen molar-refractivity contribution in [3.63, 3.8) is 0 Å². The lowest BCUT2D eigenvalue weighted by atomic mass is 10.1. The number of aliphatic carboxylic acids is 1. The Balaban J connectivity index is 3.56. The number of carboxylic acid groups (broad SMARTS) is 1. The van der Waals surface area contributed by atoms with E-state index in [4.69, 9.17) is 5.11 Å². The molecule has 0 aromatic rings. The van der Waals surface area contributed by atoms with E-state index in [1.807, 2.05) is 6.92 Å². The number of carboxylic acids is 1. The van der Waals surface area contributed by atoms with Crippen LogP contribution in [0.1, 0.15) is 26.7 Å². The van der Waals surface area contributed by atoms with Crippen molar-refractivity contribution in [3.05, 3.63) is 0 Å². The van der Waals surface area contributed by atoms with E-state index in [0.717, 1.165) is 6.42 Å². The van der Waals surface area contributed by atoms with Crippen LogP contribution in [0.5, 0.6) is 0 Å². The van der Waals surface area contributed by atoms with Gasteiger partial charge < -0.3 is 5.11 Å². The van der Waals surface area contributed by atoms with Gasteiger partial charge in [0.25, 0.3) is 0 Å². The molecule has 2 atom stereocenters. The second kappa shape index (κ2) is 4.72. The summed E-state index contributed by atoms with van der Waals surface area (Å²) in [7, 11) is 0. The predicted molar refractivity (Wildman–Crippen MR) is 44.4 cm³/mol. The average molecular weight is 209 g/mol. The van der Waals surface area contributed by atoms with Gasteiger partial charge in [0.05, 0.1) is 5.92 Å². The largest absolute Gasteiger partial charge is 0.481 e. The molecule has 0 saturated carbocycles. The molecule has 0 amide bonds. The number of carbonyl (C=O) groups is 1. The zero-order valence-electron chi connectivity index (χ0n) is 6.30. The van der Waals surface area contributed by atoms with Crippen LogP contribution in [-0.2, 0) is 4.79 Å². The van der Waals surface area contributed by atoms with Gasteiger partial charge in [0.2, 0.25) is 0 Å². The Bertz CT molecular complexity index is 114. The molecule has 0 bridgehead atoms. The van der Waals surface area contributed by atoms with Gasteiger partial charge in [0.1, 0.15) is 0 Å². The van der Waals surface area contributed by atoms with Crippen molar-refractivity contribution in [2.45, 2.75) is 31.5 Å². The van der Waals surface area contributed by atoms with Crippen LogP contribution in [-0.4, -0.2) is 15.9 Å². The van der Waals surface area contributed by atoms with Crippen molar-refractivity contribution in [3.8, 4) is 0 Å². The van der Waals surface area contributed by atoms with Gasteiger partial charge in [-0.05, 0) is 12.8 Å². The average Bonchev–Trinajstić information content (AvgIpc) is 1.87. The maximum absolute atomic E-state index is 10.3. The van der Waals surface area contributed by atoms with Gasteiger partial charge in [-0.2, -0.15) is 0 Å². The summed E-state index contributed by atoms with van der Waals surface area (Å²) in [4.78, 5) is 10.7. The molecule has 0 spiro atoms. The zero-order valence-corrected chi connectivity index (χ0v) is 7.89. The highest BCUT2D eigenvalue weighted by Crippen LogP contribution is 2.15. The highest BCUT2D eigenvalue weighted by atomic mass is 79.9. The number of hydrogen-bond acceptors (Lipinski definition) is 1. The second-order valence-electron chi connectivity index (χ2n) is 2.48. The first-order valence-electron chi connectivity index (χ1n) is 3.44. The first-order chi connectivity index (χ1) is 4.57. The summed E-state index contributed by atoms with van der Waals surface area (Å²) in [6, 6.07) is 0. The van der Waals surface area contributed by atoms with Gasteiger partial charge in [-0.15, -0.1) is 0 Å². The fourth-order valence-corrected chi connectivity index (χ4v) is 1.21. The van der Waals surface area contributed by atoms with E-state index in [9.17, 15) is 4.79 Å². The highest BCUT2D eigenvalue weighted by molar-refractivity contribution is 9.09. The van der Waals surface area contributed by atoms with E-state index in [0.29, 0.717) is 11.2 Å². The minimum Gasteiger partial charge on any atom is -0.481 e. The maximum atomic E-state index is 10.3. The van der Waals surface area contributed by atoms with Crippen LogP contribution in [0.15, 0.2) is 0 Å². The molecule has 0 saturated heterocycles. The third-order valence-electron chi connectivity index (χ3n) is 1.47. The van der Waals surface area contributed by atoms with Gasteiger partial charge in [-0.3, -0.25) is 4.79 Å². The van der Waals surface area contributed by atoms with E-state index in [-0.39, 0.29) is 5.92 Å². The third-order valence-corrected chi connectivity index (χ3v) is 2.50. The van der Waals surface area contributed by atoms with Crippen LogP contribution in [0, 0.1) is 5.92 Å². The molecule has 0 aromatic heterocycles. The molecule has 2 unspecified atom stereocenters. The Morgan fingerprint density at radius 1 is 1.70 bits per heavy atom. The molecule has 0 heterocycles. The van der Waals surface area contributed by atoms with Crippen LogP contribution in [0.25, 0.3) is 0 Å². The van der Waals surface area contributed by atoms with Crippen LogP contribution >= 0.6 is 15.9 Å². The van der Waals surface area contributed by atoms with Crippen molar-refractivity contribution < 1.29 is 9.90 Å². The molecule has 3 heteroatoms. The molecule has 2 nitrogen and oxygen atoms in total. The van der Waals surface area contributed by atoms with Crippen molar-refractivity contribution in [2.24, 2.45) is 5.92 Å². The topological polar surface area (TPSA) is 37.3 Å². The Morgan fingerprint density at radius 3 is 2.50 bits per heavy atom. The fourth-order valence-electron chi connectivity index (χ4n) is 0.651. The number of rotatable bonds is 4. The molecule has 0 aliphatic rings. The summed E-state index contributed by atoms with van der Waals surface area (Å²) in [6.45, 7) is 3.76. The Morgan fingerprint density at radius 2 is 2.20 bits per heavy atom. The standard InChI is InChI=1S/C7H13BrO2/c1-3-6(8)4-5(2)7(9)10/h5-6H,3-4H2,1-2H3,(H,9,10). The van der Waals surface area contributed by atoms with E-state index in [1.165, 1.54) is 0 Å². The lowest BCUT2D eigenvalue weighted by molar-refractivity contribution is -0.141. The third kappa shape index (κ3) is 3.88. The molecular formula is C7H13BrO2. The summed E-state index contributed by atoms with van der Waals surface area (Å²) in [5.74, 6) is -0.942. The molecular weight excluding hydrogens is 196 g/mol. The van der Waals surface area contributed by atoms with Crippen LogP contribution in [0.2, 0.25) is 0 Å². The summed E-state index contributed by atoms with van der Waals surface area (Å²) >= 11 is 3.38. The molecule has 0 fully saturated rings. The number of hydrogen-bond donors (Lipinski definition) is 1. The first-order valence-corrected chi connectivity index (χ1v) is 4.36. The molecule has 10 heavy (non-hydrogen) atoms. The number of alkyl halides is 1. The van der Waals surface area contributed by atoms with Crippen molar-refractivity contribution in [1.29, 1.82) is 0 Å². The van der Waals surface area contributed by atoms with E-state index >= 15 is 0 Å². The molecule has 0 rings (SSSR count). The van der Waals surface area contributed by atoms with Gasteiger partial charge in [0, 0.05) is 4.83 Å². The normalized spacial score (nSPS) is 16.3. The van der Waals surface area contributed by atoms with E-state index in [2.05, 4.69) is 15.9 Å². The van der Waals surface area contributed by atoms with Crippen molar-refractivity contribution in [2.75, 3.05) is 0 Å². The maximum Gasteiger partial charge on any atom is 0.306 e. The van der Waals surface area contributed by atoms with Gasteiger partial charge >= 0.3 is 5.97 Å². The summed E-state index contributed by atoms with van der Waals surface area (Å²) in [5, 5.41) is 8.51. The Hall–Kier alpha value is -0.0500. The van der Waals surface area contributed by atoms with Gasteiger partial charge in [-0.1, -0.05) is 29.8 Å². The number of halogens is 1. The fraction of sp³-hybridized carbons (Fsp3) is 0.857. The van der Waals surface area contributed by atoms with Crippen LogP contribution < -0.4 is 0 Å². The van der Waals surface area contributed by atoms with Gasteiger partial charge in [-0.25, -0.2) is 0 Å². The predicted octanol–water partition coefficient (Wildman–Crippen LogP) is 2.27. The molecule has 0 aliphatic heterocycles. The summed E-state index contributed by atoms with van der Waals surface area (Å²) in [5.41, 5.74) is 0. The molecule has 0 radical (unpaired) electrons. The van der Waals surface area contributed by atoms with Crippen LogP contribution in [0.3, 0.4) is 0 Å².